The summed E-state index contributed by atoms with van der Waals surface area (Å²) in [5.74, 6) is 1.93. The van der Waals surface area contributed by atoms with Gasteiger partial charge in [0.05, 0.1) is 6.54 Å². The minimum Gasteiger partial charge on any atom is -0.508 e. The summed E-state index contributed by atoms with van der Waals surface area (Å²) in [7, 11) is 0. The number of aromatic nitrogens is 2. The maximum absolute atomic E-state index is 9.21. The van der Waals surface area contributed by atoms with Gasteiger partial charge in [0.15, 0.2) is 5.82 Å². The topological polar surface area (TPSA) is 80.4 Å². The largest absolute Gasteiger partial charge is 0.508 e. The van der Waals surface area contributed by atoms with Crippen LogP contribution in [0, 0.1) is 0 Å². The summed E-state index contributed by atoms with van der Waals surface area (Å²) in [5.41, 5.74) is 0.897. The zero-order valence-electron chi connectivity index (χ0n) is 11.1. The molecule has 0 saturated carbocycles. The molecule has 20 heavy (non-hydrogen) atoms. The molecule has 0 amide bonds. The number of phenols is 1. The van der Waals surface area contributed by atoms with Crippen molar-refractivity contribution in [3.8, 4) is 5.75 Å². The van der Waals surface area contributed by atoms with Crippen molar-refractivity contribution in [1.82, 2.24) is 10.1 Å². The van der Waals surface area contributed by atoms with E-state index in [1.165, 1.54) is 0 Å². The molecule has 2 aromatic rings. The fourth-order valence-corrected chi connectivity index (χ4v) is 2.22. The normalized spacial score (nSPS) is 16.2. The predicted molar refractivity (Wildman–Crippen MR) is 72.5 cm³/mol. The molecule has 1 aliphatic heterocycles. The van der Waals surface area contributed by atoms with Crippen molar-refractivity contribution in [2.75, 3.05) is 18.5 Å². The monoisotopic (exact) mass is 275 g/mol. The molecule has 1 aromatic heterocycles. The molecule has 2 N–H and O–H groups in total. The van der Waals surface area contributed by atoms with Gasteiger partial charge in [-0.15, -0.1) is 0 Å². The molecule has 1 fully saturated rings. The Labute approximate surface area is 116 Å². The van der Waals surface area contributed by atoms with Crippen LogP contribution in [0.2, 0.25) is 0 Å². The molecule has 6 nitrogen and oxygen atoms in total. The standard InChI is InChI=1S/C14H17N3O3/c18-12-3-1-11(2-4-12)15-9-13-16-14(17-20-13)10-5-7-19-8-6-10/h1-4,10,15,18H,5-9H2. The number of nitrogens with zero attached hydrogens (tertiary/aromatic N) is 2. The smallest absolute Gasteiger partial charge is 0.245 e. The SMILES string of the molecule is Oc1ccc(NCc2nc(C3CCOCC3)no2)cc1. The first-order valence-corrected chi connectivity index (χ1v) is 6.74. The van der Waals surface area contributed by atoms with Gasteiger partial charge < -0.3 is 19.7 Å². The number of rotatable bonds is 4. The summed E-state index contributed by atoms with van der Waals surface area (Å²) in [5, 5.41) is 16.4. The predicted octanol–water partition coefficient (Wildman–Crippen LogP) is 2.28. The second kappa shape index (κ2) is 5.92. The Morgan fingerprint density at radius 1 is 1.20 bits per heavy atom. The first kappa shape index (κ1) is 12.9. The summed E-state index contributed by atoms with van der Waals surface area (Å²) in [6.07, 6.45) is 1.90. The number of hydrogen-bond acceptors (Lipinski definition) is 6. The minimum absolute atomic E-state index is 0.246. The van der Waals surface area contributed by atoms with Crippen molar-refractivity contribution in [2.45, 2.75) is 25.3 Å². The van der Waals surface area contributed by atoms with E-state index in [1.54, 1.807) is 24.3 Å². The van der Waals surface area contributed by atoms with E-state index in [-0.39, 0.29) is 5.75 Å². The van der Waals surface area contributed by atoms with Crippen LogP contribution in [-0.4, -0.2) is 28.5 Å². The summed E-state index contributed by atoms with van der Waals surface area (Å²) < 4.78 is 10.6. The van der Waals surface area contributed by atoms with Crippen molar-refractivity contribution in [3.05, 3.63) is 36.0 Å². The Bertz CT molecular complexity index is 547. The molecular weight excluding hydrogens is 258 g/mol. The van der Waals surface area contributed by atoms with Crippen LogP contribution >= 0.6 is 0 Å². The highest BCUT2D eigenvalue weighted by atomic mass is 16.5. The van der Waals surface area contributed by atoms with Gasteiger partial charge in [0.25, 0.3) is 0 Å². The molecule has 0 atom stereocenters. The summed E-state index contributed by atoms with van der Waals surface area (Å²) in [6, 6.07) is 6.85. The van der Waals surface area contributed by atoms with E-state index < -0.39 is 0 Å². The van der Waals surface area contributed by atoms with Gasteiger partial charge in [0.2, 0.25) is 5.89 Å². The Kier molecular flexibility index (Phi) is 3.83. The van der Waals surface area contributed by atoms with E-state index in [4.69, 9.17) is 9.26 Å². The van der Waals surface area contributed by atoms with Crippen LogP contribution in [-0.2, 0) is 11.3 Å². The number of phenolic OH excluding ortho intramolecular Hbond substituents is 1. The first-order chi connectivity index (χ1) is 9.81. The zero-order valence-corrected chi connectivity index (χ0v) is 11.1. The Hall–Kier alpha value is -2.08. The number of aromatic hydroxyl groups is 1. The Balaban J connectivity index is 1.58. The molecule has 0 radical (unpaired) electrons. The fraction of sp³-hybridized carbons (Fsp3) is 0.429. The Morgan fingerprint density at radius 2 is 1.95 bits per heavy atom. The third-order valence-corrected chi connectivity index (χ3v) is 3.38. The van der Waals surface area contributed by atoms with Gasteiger partial charge in [-0.1, -0.05) is 5.16 Å². The van der Waals surface area contributed by atoms with Crippen LogP contribution in [0.4, 0.5) is 5.69 Å². The average molecular weight is 275 g/mol. The number of anilines is 1. The molecule has 0 unspecified atom stereocenters. The van der Waals surface area contributed by atoms with E-state index in [0.717, 1.165) is 37.6 Å². The molecule has 0 aliphatic carbocycles. The fourth-order valence-electron chi connectivity index (χ4n) is 2.22. The first-order valence-electron chi connectivity index (χ1n) is 6.74. The molecule has 0 spiro atoms. The highest BCUT2D eigenvalue weighted by molar-refractivity contribution is 5.45. The van der Waals surface area contributed by atoms with Crippen molar-refractivity contribution in [3.63, 3.8) is 0 Å². The van der Waals surface area contributed by atoms with Crippen LogP contribution in [0.15, 0.2) is 28.8 Å². The second-order valence-corrected chi connectivity index (χ2v) is 4.83. The maximum Gasteiger partial charge on any atom is 0.245 e. The summed E-state index contributed by atoms with van der Waals surface area (Å²) in [4.78, 5) is 4.42. The van der Waals surface area contributed by atoms with Crippen LogP contribution < -0.4 is 5.32 Å². The number of ether oxygens (including phenoxy) is 1. The molecule has 1 aliphatic rings. The van der Waals surface area contributed by atoms with Crippen molar-refractivity contribution < 1.29 is 14.4 Å². The van der Waals surface area contributed by atoms with E-state index in [9.17, 15) is 5.11 Å². The van der Waals surface area contributed by atoms with E-state index in [0.29, 0.717) is 18.4 Å². The van der Waals surface area contributed by atoms with Crippen LogP contribution in [0.1, 0.15) is 30.5 Å². The van der Waals surface area contributed by atoms with Gasteiger partial charge in [-0.25, -0.2) is 0 Å². The van der Waals surface area contributed by atoms with Gasteiger partial charge >= 0.3 is 0 Å². The van der Waals surface area contributed by atoms with Gasteiger partial charge in [0.1, 0.15) is 5.75 Å². The van der Waals surface area contributed by atoms with Crippen LogP contribution in [0.3, 0.4) is 0 Å². The lowest BCUT2D eigenvalue weighted by atomic mass is 10.00. The van der Waals surface area contributed by atoms with Crippen molar-refractivity contribution in [2.24, 2.45) is 0 Å². The van der Waals surface area contributed by atoms with Crippen molar-refractivity contribution >= 4 is 5.69 Å². The lowest BCUT2D eigenvalue weighted by molar-refractivity contribution is 0.0830. The average Bonchev–Trinajstić information content (AvgIpc) is 2.97. The van der Waals surface area contributed by atoms with Gasteiger partial charge in [-0.3, -0.25) is 0 Å². The van der Waals surface area contributed by atoms with Crippen molar-refractivity contribution in [1.29, 1.82) is 0 Å². The number of nitrogens with one attached hydrogen (secondary N) is 1. The highest BCUT2D eigenvalue weighted by Crippen LogP contribution is 2.24. The number of hydrogen-bond donors (Lipinski definition) is 2. The third kappa shape index (κ3) is 3.08. The molecular formula is C14H17N3O3. The van der Waals surface area contributed by atoms with Crippen LogP contribution in [0.5, 0.6) is 5.75 Å². The lowest BCUT2D eigenvalue weighted by Crippen LogP contribution is -2.15. The molecule has 2 heterocycles. The van der Waals surface area contributed by atoms with E-state index >= 15 is 0 Å². The zero-order chi connectivity index (χ0) is 13.8. The molecule has 106 valence electrons. The molecule has 6 heteroatoms. The van der Waals surface area contributed by atoms with E-state index in [1.807, 2.05) is 0 Å². The molecule has 3 rings (SSSR count). The minimum atomic E-state index is 0.246. The molecule has 1 aromatic carbocycles. The summed E-state index contributed by atoms with van der Waals surface area (Å²) in [6.45, 7) is 2.00. The number of benzene rings is 1. The second-order valence-electron chi connectivity index (χ2n) is 4.83. The highest BCUT2D eigenvalue weighted by Gasteiger charge is 2.21. The maximum atomic E-state index is 9.21. The Morgan fingerprint density at radius 3 is 2.70 bits per heavy atom. The third-order valence-electron chi connectivity index (χ3n) is 3.38. The molecule has 1 saturated heterocycles. The van der Waals surface area contributed by atoms with Crippen LogP contribution in [0.25, 0.3) is 0 Å². The lowest BCUT2D eigenvalue weighted by Gasteiger charge is -2.18. The van der Waals surface area contributed by atoms with E-state index in [2.05, 4.69) is 15.5 Å². The van der Waals surface area contributed by atoms with Gasteiger partial charge in [-0.05, 0) is 37.1 Å². The summed E-state index contributed by atoms with van der Waals surface area (Å²) >= 11 is 0. The quantitative estimate of drug-likeness (QED) is 0.833. The van der Waals surface area contributed by atoms with Gasteiger partial charge in [0, 0.05) is 24.8 Å². The molecule has 0 bridgehead atoms. The van der Waals surface area contributed by atoms with Gasteiger partial charge in [-0.2, -0.15) is 4.98 Å².